The van der Waals surface area contributed by atoms with Gasteiger partial charge in [-0.2, -0.15) is 0 Å². The number of rotatable bonds is 6. The molecule has 2 rings (SSSR count). The minimum atomic E-state index is -0.242. The number of amides is 2. The van der Waals surface area contributed by atoms with Crippen molar-refractivity contribution in [2.75, 3.05) is 18.4 Å². The zero-order chi connectivity index (χ0) is 19.3. The van der Waals surface area contributed by atoms with E-state index in [0.717, 1.165) is 31.5 Å². The van der Waals surface area contributed by atoms with E-state index in [1.165, 1.54) is 0 Å². The Kier molecular flexibility index (Phi) is 6.75. The number of anilines is 1. The van der Waals surface area contributed by atoms with Crippen LogP contribution in [0.15, 0.2) is 18.2 Å². The highest BCUT2D eigenvalue weighted by Gasteiger charge is 2.32. The number of likely N-dealkylation sites (tertiary alicyclic amines) is 1. The van der Waals surface area contributed by atoms with Gasteiger partial charge in [-0.15, -0.1) is 0 Å². The Balaban J connectivity index is 1.95. The average Bonchev–Trinajstić information content (AvgIpc) is 2.60. The fourth-order valence-corrected chi connectivity index (χ4v) is 3.11. The first kappa shape index (κ1) is 20.4. The third kappa shape index (κ3) is 5.53. The summed E-state index contributed by atoms with van der Waals surface area (Å²) in [5, 5.41) is 6.01. The van der Waals surface area contributed by atoms with Gasteiger partial charge in [-0.05, 0) is 65.6 Å². The van der Waals surface area contributed by atoms with Crippen molar-refractivity contribution in [3.05, 3.63) is 23.9 Å². The highest BCUT2D eigenvalue weighted by atomic mass is 16.2. The summed E-state index contributed by atoms with van der Waals surface area (Å²) in [5.74, 6) is 0.468. The van der Waals surface area contributed by atoms with Gasteiger partial charge in [0.25, 0.3) is 0 Å². The van der Waals surface area contributed by atoms with E-state index in [-0.39, 0.29) is 29.3 Å². The van der Waals surface area contributed by atoms with Gasteiger partial charge in [-0.25, -0.2) is 4.98 Å². The second-order valence-corrected chi connectivity index (χ2v) is 7.89. The maximum atomic E-state index is 12.6. The van der Waals surface area contributed by atoms with Crippen LogP contribution in [-0.2, 0) is 9.59 Å². The third-order valence-corrected chi connectivity index (χ3v) is 5.24. The molecule has 1 saturated heterocycles. The molecule has 1 fully saturated rings. The Morgan fingerprint density at radius 2 is 2.12 bits per heavy atom. The van der Waals surface area contributed by atoms with Gasteiger partial charge >= 0.3 is 0 Å². The van der Waals surface area contributed by atoms with E-state index in [1.54, 1.807) is 6.07 Å². The number of pyridine rings is 1. The molecule has 6 heteroatoms. The van der Waals surface area contributed by atoms with Crippen LogP contribution >= 0.6 is 0 Å². The van der Waals surface area contributed by atoms with Crippen molar-refractivity contribution in [1.82, 2.24) is 15.2 Å². The summed E-state index contributed by atoms with van der Waals surface area (Å²) in [6.07, 6.45) is 2.62. The van der Waals surface area contributed by atoms with Crippen LogP contribution in [0.2, 0.25) is 0 Å². The average molecular weight is 361 g/mol. The van der Waals surface area contributed by atoms with Crippen molar-refractivity contribution in [1.29, 1.82) is 0 Å². The minimum Gasteiger partial charge on any atom is -0.350 e. The smallest absolute Gasteiger partial charge is 0.237 e. The molecule has 0 radical (unpaired) electrons. The summed E-state index contributed by atoms with van der Waals surface area (Å²) < 4.78 is 0. The first-order valence-electron chi connectivity index (χ1n) is 9.52. The summed E-state index contributed by atoms with van der Waals surface area (Å²) in [6, 6.07) is 5.34. The first-order valence-corrected chi connectivity index (χ1v) is 9.52. The molecule has 1 aromatic rings. The molecule has 0 bridgehead atoms. The Hall–Kier alpha value is -1.95. The molecule has 0 spiro atoms. The minimum absolute atomic E-state index is 0.0192. The van der Waals surface area contributed by atoms with Gasteiger partial charge in [0.05, 0.1) is 12.0 Å². The molecule has 0 aliphatic carbocycles. The van der Waals surface area contributed by atoms with Crippen LogP contribution in [0.3, 0.4) is 0 Å². The number of piperidine rings is 1. The Labute approximate surface area is 156 Å². The topological polar surface area (TPSA) is 74.3 Å². The Bertz CT molecular complexity index is 644. The predicted octanol–water partition coefficient (Wildman–Crippen LogP) is 2.73. The van der Waals surface area contributed by atoms with Crippen molar-refractivity contribution in [2.45, 2.75) is 65.5 Å². The normalized spacial score (nSPS) is 19.7. The molecule has 2 atom stereocenters. The zero-order valence-electron chi connectivity index (χ0n) is 16.6. The van der Waals surface area contributed by atoms with Crippen LogP contribution in [-0.4, -0.2) is 46.4 Å². The number of hydrogen-bond acceptors (Lipinski definition) is 4. The fourth-order valence-electron chi connectivity index (χ4n) is 3.11. The molecular weight excluding hydrogens is 328 g/mol. The quantitative estimate of drug-likeness (QED) is 0.818. The maximum absolute atomic E-state index is 12.6. The summed E-state index contributed by atoms with van der Waals surface area (Å²) in [4.78, 5) is 31.6. The molecule has 2 heterocycles. The molecule has 6 nitrogen and oxygen atoms in total. The largest absolute Gasteiger partial charge is 0.350 e. The summed E-state index contributed by atoms with van der Waals surface area (Å²) in [7, 11) is 0. The SMILES string of the molecule is CCC(C)(C)NC(=O)C(C)N1CCCC(C(=O)Nc2cccc(C)n2)C1. The molecule has 2 unspecified atom stereocenters. The number of aromatic nitrogens is 1. The Morgan fingerprint density at radius 1 is 1.38 bits per heavy atom. The van der Waals surface area contributed by atoms with Gasteiger partial charge in [-0.1, -0.05) is 13.0 Å². The molecule has 1 aliphatic heterocycles. The fraction of sp³-hybridized carbons (Fsp3) is 0.650. The van der Waals surface area contributed by atoms with E-state index in [4.69, 9.17) is 0 Å². The number of nitrogens with zero attached hydrogens (tertiary/aromatic N) is 2. The van der Waals surface area contributed by atoms with Gasteiger partial charge in [0.1, 0.15) is 5.82 Å². The lowest BCUT2D eigenvalue weighted by atomic mass is 9.95. The van der Waals surface area contributed by atoms with Crippen molar-refractivity contribution in [3.8, 4) is 0 Å². The number of carbonyl (C=O) groups is 2. The van der Waals surface area contributed by atoms with E-state index >= 15 is 0 Å². The van der Waals surface area contributed by atoms with E-state index < -0.39 is 0 Å². The van der Waals surface area contributed by atoms with Crippen molar-refractivity contribution < 1.29 is 9.59 Å². The molecule has 0 aromatic carbocycles. The van der Waals surface area contributed by atoms with Gasteiger partial charge in [-0.3, -0.25) is 14.5 Å². The van der Waals surface area contributed by atoms with E-state index in [1.807, 2.05) is 39.8 Å². The zero-order valence-corrected chi connectivity index (χ0v) is 16.6. The second-order valence-electron chi connectivity index (χ2n) is 7.89. The van der Waals surface area contributed by atoms with Crippen molar-refractivity contribution in [3.63, 3.8) is 0 Å². The van der Waals surface area contributed by atoms with Gasteiger partial charge in [0, 0.05) is 17.8 Å². The van der Waals surface area contributed by atoms with Crippen LogP contribution in [0.25, 0.3) is 0 Å². The molecule has 1 aromatic heterocycles. The third-order valence-electron chi connectivity index (χ3n) is 5.24. The van der Waals surface area contributed by atoms with Crippen molar-refractivity contribution in [2.24, 2.45) is 5.92 Å². The van der Waals surface area contributed by atoms with Crippen LogP contribution in [0, 0.1) is 12.8 Å². The molecule has 26 heavy (non-hydrogen) atoms. The molecule has 2 amide bonds. The molecule has 144 valence electrons. The molecular formula is C20H32N4O2. The number of hydrogen-bond donors (Lipinski definition) is 2. The highest BCUT2D eigenvalue weighted by molar-refractivity contribution is 5.92. The lowest BCUT2D eigenvalue weighted by Gasteiger charge is -2.37. The Morgan fingerprint density at radius 3 is 2.77 bits per heavy atom. The van der Waals surface area contributed by atoms with E-state index in [9.17, 15) is 9.59 Å². The first-order chi connectivity index (χ1) is 12.2. The lowest BCUT2D eigenvalue weighted by molar-refractivity contribution is -0.130. The number of carbonyl (C=O) groups excluding carboxylic acids is 2. The predicted molar refractivity (Wildman–Crippen MR) is 104 cm³/mol. The molecule has 0 saturated carbocycles. The summed E-state index contributed by atoms with van der Waals surface area (Å²) in [5.41, 5.74) is 0.659. The van der Waals surface area contributed by atoms with Crippen LogP contribution < -0.4 is 10.6 Å². The van der Waals surface area contributed by atoms with Gasteiger partial charge < -0.3 is 10.6 Å². The maximum Gasteiger partial charge on any atom is 0.237 e. The van der Waals surface area contributed by atoms with Gasteiger partial charge in [0.15, 0.2) is 0 Å². The van der Waals surface area contributed by atoms with E-state index in [2.05, 4.69) is 27.4 Å². The van der Waals surface area contributed by atoms with Crippen LogP contribution in [0.5, 0.6) is 0 Å². The highest BCUT2D eigenvalue weighted by Crippen LogP contribution is 2.21. The van der Waals surface area contributed by atoms with E-state index in [0.29, 0.717) is 12.4 Å². The number of aryl methyl sites for hydroxylation is 1. The van der Waals surface area contributed by atoms with Crippen LogP contribution in [0.1, 0.15) is 52.7 Å². The lowest BCUT2D eigenvalue weighted by Crippen LogP contribution is -2.54. The number of nitrogens with one attached hydrogen (secondary N) is 2. The molecule has 1 aliphatic rings. The summed E-state index contributed by atoms with van der Waals surface area (Å²) >= 11 is 0. The van der Waals surface area contributed by atoms with Crippen molar-refractivity contribution >= 4 is 17.6 Å². The monoisotopic (exact) mass is 360 g/mol. The molecule has 2 N–H and O–H groups in total. The van der Waals surface area contributed by atoms with Gasteiger partial charge in [0.2, 0.25) is 11.8 Å². The van der Waals surface area contributed by atoms with Crippen LogP contribution in [0.4, 0.5) is 5.82 Å². The second kappa shape index (κ2) is 8.62. The standard InChI is InChI=1S/C20H32N4O2/c1-6-20(4,5)23-18(25)15(3)24-12-8-10-16(13-24)19(26)22-17-11-7-9-14(2)21-17/h7,9,11,15-16H,6,8,10,12-13H2,1-5H3,(H,23,25)(H,21,22,26). The summed E-state index contributed by atoms with van der Waals surface area (Å²) in [6.45, 7) is 11.4.